The average molecular weight is 594 g/mol. The Bertz CT molecular complexity index is 1040. The maximum absolute atomic E-state index is 12.5. The summed E-state index contributed by atoms with van der Waals surface area (Å²) in [6.45, 7) is 4.79. The Labute approximate surface area is 236 Å². The van der Waals surface area contributed by atoms with E-state index in [1.165, 1.54) is 0 Å². The molecule has 0 saturated heterocycles. The van der Waals surface area contributed by atoms with Crippen LogP contribution in [-0.2, 0) is 19.4 Å². The molecule has 0 aliphatic heterocycles. The lowest BCUT2D eigenvalue weighted by Gasteiger charge is -2.65. The summed E-state index contributed by atoms with van der Waals surface area (Å²) in [7, 11) is -4.71. The van der Waals surface area contributed by atoms with Gasteiger partial charge in [0.05, 0.1) is 49.3 Å². The van der Waals surface area contributed by atoms with E-state index >= 15 is 0 Å². The average Bonchev–Trinajstić information content (AvgIpc) is 3.06. The minimum absolute atomic E-state index is 0.0218. The van der Waals surface area contributed by atoms with Gasteiger partial charge >= 0.3 is 10.4 Å². The van der Waals surface area contributed by atoms with Gasteiger partial charge in [0, 0.05) is 18.3 Å². The fourth-order valence-electron chi connectivity index (χ4n) is 9.52. The first kappa shape index (κ1) is 32.0. The molecular formula is C27H47NO11S. The highest BCUT2D eigenvalue weighted by Crippen LogP contribution is 2.69. The van der Waals surface area contributed by atoms with Crippen LogP contribution in [0, 0.1) is 40.4 Å². The molecule has 12 nitrogen and oxygen atoms in total. The molecule has 0 aromatic rings. The highest BCUT2D eigenvalue weighted by Gasteiger charge is 2.70. The summed E-state index contributed by atoms with van der Waals surface area (Å²) in [6, 6.07) is -1.03. The molecule has 0 aromatic heterocycles. The molecule has 232 valence electrons. The summed E-state index contributed by atoms with van der Waals surface area (Å²) in [5, 5.41) is 67.8. The number of rotatable bonds is 9. The van der Waals surface area contributed by atoms with Gasteiger partial charge in [0.15, 0.2) is 0 Å². The molecule has 4 rings (SSSR count). The molecule has 0 aromatic carbocycles. The summed E-state index contributed by atoms with van der Waals surface area (Å²) >= 11 is 0. The molecule has 4 aliphatic rings. The zero-order valence-corrected chi connectivity index (χ0v) is 24.3. The molecule has 4 saturated carbocycles. The van der Waals surface area contributed by atoms with E-state index in [4.69, 9.17) is 4.55 Å². The van der Waals surface area contributed by atoms with Gasteiger partial charge in [-0.2, -0.15) is 8.42 Å². The summed E-state index contributed by atoms with van der Waals surface area (Å²) in [5.41, 5.74) is -2.49. The fourth-order valence-corrected chi connectivity index (χ4v) is 9.86. The van der Waals surface area contributed by atoms with E-state index in [0.29, 0.717) is 25.7 Å². The smallest absolute Gasteiger partial charge is 0.394 e. The number of aliphatic hydroxyl groups is 6. The van der Waals surface area contributed by atoms with Crippen molar-refractivity contribution >= 4 is 16.3 Å². The van der Waals surface area contributed by atoms with E-state index in [9.17, 15) is 43.9 Å². The number of hydrogen-bond donors (Lipinski definition) is 8. The Morgan fingerprint density at radius 1 is 1.10 bits per heavy atom. The van der Waals surface area contributed by atoms with Crippen LogP contribution in [0.1, 0.15) is 72.1 Å². The minimum atomic E-state index is -4.71. The van der Waals surface area contributed by atoms with Crippen molar-refractivity contribution in [3.8, 4) is 0 Å². The molecule has 1 amide bonds. The molecule has 0 heterocycles. The fraction of sp³-hybridized carbons (Fsp3) is 0.963. The molecule has 8 N–H and O–H groups in total. The van der Waals surface area contributed by atoms with Crippen molar-refractivity contribution < 1.29 is 52.6 Å². The molecule has 4 aliphatic carbocycles. The van der Waals surface area contributed by atoms with Crippen molar-refractivity contribution in [3.63, 3.8) is 0 Å². The van der Waals surface area contributed by atoms with E-state index in [1.54, 1.807) is 0 Å². The number of fused-ring (bicyclic) bond motifs is 5. The van der Waals surface area contributed by atoms with E-state index in [2.05, 4.69) is 16.4 Å². The molecule has 3 unspecified atom stereocenters. The molecule has 0 spiro atoms. The van der Waals surface area contributed by atoms with E-state index in [0.717, 1.165) is 6.42 Å². The number of amides is 1. The van der Waals surface area contributed by atoms with Gasteiger partial charge in [-0.15, -0.1) is 0 Å². The summed E-state index contributed by atoms with van der Waals surface area (Å²) < 4.78 is 34.5. The number of hydrogen-bond acceptors (Lipinski definition) is 10. The third-order valence-electron chi connectivity index (χ3n) is 11.4. The zero-order chi connectivity index (χ0) is 29.8. The lowest BCUT2D eigenvalue weighted by atomic mass is 9.42. The molecule has 0 radical (unpaired) electrons. The van der Waals surface area contributed by atoms with E-state index < -0.39 is 76.4 Å². The quantitative estimate of drug-likeness (QED) is 0.163. The summed E-state index contributed by atoms with van der Waals surface area (Å²) in [5.74, 6) is -1.35. The second kappa shape index (κ2) is 11.3. The number of aliphatic hydroxyl groups excluding tert-OH is 5. The highest BCUT2D eigenvalue weighted by molar-refractivity contribution is 7.80. The van der Waals surface area contributed by atoms with E-state index in [-0.39, 0.29) is 48.9 Å². The van der Waals surface area contributed by atoms with Gasteiger partial charge in [0.25, 0.3) is 0 Å². The van der Waals surface area contributed by atoms with Crippen LogP contribution >= 0.6 is 0 Å². The van der Waals surface area contributed by atoms with Crippen molar-refractivity contribution in [2.75, 3.05) is 13.2 Å². The maximum Gasteiger partial charge on any atom is 0.397 e. The summed E-state index contributed by atoms with van der Waals surface area (Å²) in [4.78, 5) is 12.5. The van der Waals surface area contributed by atoms with Gasteiger partial charge in [-0.1, -0.05) is 20.8 Å². The number of carbonyl (C=O) groups is 1. The lowest BCUT2D eigenvalue weighted by molar-refractivity contribution is -0.268. The molecule has 13 atom stereocenters. The Hall–Kier alpha value is -0.900. The van der Waals surface area contributed by atoms with Gasteiger partial charge in [0.2, 0.25) is 5.91 Å². The number of nitrogens with one attached hydrogen (secondary N) is 1. The van der Waals surface area contributed by atoms with Crippen molar-refractivity contribution in [3.05, 3.63) is 0 Å². The lowest BCUT2D eigenvalue weighted by Crippen LogP contribution is -2.69. The van der Waals surface area contributed by atoms with Crippen LogP contribution in [0.2, 0.25) is 0 Å². The van der Waals surface area contributed by atoms with Crippen LogP contribution in [0.4, 0.5) is 0 Å². The largest absolute Gasteiger partial charge is 0.397 e. The second-order valence-electron chi connectivity index (χ2n) is 13.5. The molecule has 0 bridgehead atoms. The van der Waals surface area contributed by atoms with Gasteiger partial charge in [-0.3, -0.25) is 9.35 Å². The minimum Gasteiger partial charge on any atom is -0.394 e. The van der Waals surface area contributed by atoms with Crippen molar-refractivity contribution in [2.24, 2.45) is 40.4 Å². The maximum atomic E-state index is 12.5. The molecule has 13 heteroatoms. The third kappa shape index (κ3) is 5.46. The van der Waals surface area contributed by atoms with Crippen LogP contribution in [0.3, 0.4) is 0 Å². The van der Waals surface area contributed by atoms with Crippen LogP contribution in [-0.4, -0.2) is 98.8 Å². The highest BCUT2D eigenvalue weighted by atomic mass is 32.3. The normalized spacial score (nSPS) is 46.5. The van der Waals surface area contributed by atoms with Crippen LogP contribution < -0.4 is 5.32 Å². The third-order valence-corrected chi connectivity index (χ3v) is 11.9. The first-order chi connectivity index (χ1) is 18.5. The van der Waals surface area contributed by atoms with Crippen LogP contribution in [0.5, 0.6) is 0 Å². The van der Waals surface area contributed by atoms with Gasteiger partial charge in [0.1, 0.15) is 0 Å². The summed E-state index contributed by atoms with van der Waals surface area (Å²) in [6.07, 6.45) is -0.377. The number of carbonyl (C=O) groups excluding carboxylic acids is 1. The molecule has 40 heavy (non-hydrogen) atoms. The Morgan fingerprint density at radius 2 is 1.77 bits per heavy atom. The Balaban J connectivity index is 1.46. The van der Waals surface area contributed by atoms with Gasteiger partial charge < -0.3 is 36.0 Å². The first-order valence-electron chi connectivity index (χ1n) is 14.4. The van der Waals surface area contributed by atoms with Gasteiger partial charge in [-0.25, -0.2) is 4.18 Å². The molecule has 4 fully saturated rings. The predicted molar refractivity (Wildman–Crippen MR) is 142 cm³/mol. The monoisotopic (exact) mass is 593 g/mol. The van der Waals surface area contributed by atoms with Crippen molar-refractivity contribution in [1.29, 1.82) is 0 Å². The Kier molecular flexibility index (Phi) is 9.05. The SMILES string of the molecule is C[C@H](CCC(=O)N[C@@H](CO)COS(=O)(=O)O)[C@H]1[C@@H](O)[C@H](O)C2C3C[C@H](O)[C@@]4(O)C[C@@H](O)CC[C@]4(C)C3CC[C@@]21C. The second-order valence-corrected chi connectivity index (χ2v) is 14.6. The topological polar surface area (TPSA) is 214 Å². The zero-order valence-electron chi connectivity index (χ0n) is 23.5. The molecular weight excluding hydrogens is 546 g/mol. The van der Waals surface area contributed by atoms with E-state index in [1.807, 2.05) is 13.8 Å². The predicted octanol–water partition coefficient (Wildman–Crippen LogP) is -0.254. The standard InChI is InChI=1S/C27H47NO11S/c1-14(4-5-20(32)28-15(12-29)13-39-40(36,37)38)21-23(33)24(34)22-17-10-19(31)27(35)11-16(30)6-9-26(27,3)18(17)7-8-25(21,22)2/h14-19,21-24,29-31,33-35H,4-13H2,1-3H3,(H,28,32)(H,36,37,38)/t14-,15+,16+,17?,18?,19+,21+,22?,23-,24-,25-,26-,27+/m1/s1. The van der Waals surface area contributed by atoms with Crippen molar-refractivity contribution in [2.45, 2.75) is 108 Å². The Morgan fingerprint density at radius 3 is 2.40 bits per heavy atom. The van der Waals surface area contributed by atoms with Crippen LogP contribution in [0.15, 0.2) is 0 Å². The van der Waals surface area contributed by atoms with Gasteiger partial charge in [-0.05, 0) is 73.5 Å². The first-order valence-corrected chi connectivity index (χ1v) is 15.8. The van der Waals surface area contributed by atoms with Crippen molar-refractivity contribution in [1.82, 2.24) is 5.32 Å². The van der Waals surface area contributed by atoms with Crippen LogP contribution in [0.25, 0.3) is 0 Å².